The Hall–Kier alpha value is -3.28. The second-order valence-corrected chi connectivity index (χ2v) is 6.59. The molecule has 1 aromatic heterocycles. The van der Waals surface area contributed by atoms with Crippen LogP contribution in [0.1, 0.15) is 6.42 Å². The highest BCUT2D eigenvalue weighted by molar-refractivity contribution is 5.92. The molecule has 0 atom stereocenters. The first-order valence-electron chi connectivity index (χ1n) is 9.12. The van der Waals surface area contributed by atoms with Crippen molar-refractivity contribution in [3.05, 3.63) is 60.8 Å². The van der Waals surface area contributed by atoms with Crippen molar-refractivity contribution in [2.45, 2.75) is 6.42 Å². The van der Waals surface area contributed by atoms with Gasteiger partial charge < -0.3 is 20.3 Å². The highest BCUT2D eigenvalue weighted by atomic mass is 16.5. The third kappa shape index (κ3) is 3.79. The van der Waals surface area contributed by atoms with Gasteiger partial charge in [0, 0.05) is 43.4 Å². The number of carbonyl (C=O) groups is 1. The zero-order valence-electron chi connectivity index (χ0n) is 15.0. The summed E-state index contributed by atoms with van der Waals surface area (Å²) >= 11 is 0. The molecule has 0 aliphatic carbocycles. The minimum Gasteiger partial charge on any atom is -0.457 e. The van der Waals surface area contributed by atoms with E-state index < -0.39 is 0 Å². The van der Waals surface area contributed by atoms with Gasteiger partial charge in [-0.3, -0.25) is 4.98 Å². The van der Waals surface area contributed by atoms with Crippen molar-refractivity contribution in [3.8, 4) is 11.5 Å². The van der Waals surface area contributed by atoms with Gasteiger partial charge in [-0.2, -0.15) is 0 Å². The lowest BCUT2D eigenvalue weighted by Gasteiger charge is -2.24. The standard InChI is InChI=1S/C21H22N4O2/c22-21(26)25-12-4-11-24(13-14-25)20-9-10-23-19-8-7-17(15-18(19)20)27-16-5-2-1-3-6-16/h1-3,5-10,15H,4,11-14H2,(H2,22,26). The Morgan fingerprint density at radius 3 is 2.63 bits per heavy atom. The Morgan fingerprint density at radius 2 is 1.81 bits per heavy atom. The van der Waals surface area contributed by atoms with Gasteiger partial charge >= 0.3 is 6.03 Å². The number of aromatic nitrogens is 1. The van der Waals surface area contributed by atoms with Crippen LogP contribution < -0.4 is 15.4 Å². The number of hydrogen-bond acceptors (Lipinski definition) is 4. The lowest BCUT2D eigenvalue weighted by molar-refractivity contribution is 0.211. The molecular weight excluding hydrogens is 340 g/mol. The molecule has 1 aliphatic heterocycles. The quantitative estimate of drug-likeness (QED) is 0.772. The number of urea groups is 1. The van der Waals surface area contributed by atoms with Crippen LogP contribution in [0.3, 0.4) is 0 Å². The summed E-state index contributed by atoms with van der Waals surface area (Å²) in [7, 11) is 0. The molecule has 2 N–H and O–H groups in total. The first-order valence-corrected chi connectivity index (χ1v) is 9.12. The van der Waals surface area contributed by atoms with Gasteiger partial charge in [-0.05, 0) is 42.8 Å². The molecule has 6 nitrogen and oxygen atoms in total. The summed E-state index contributed by atoms with van der Waals surface area (Å²) in [6.45, 7) is 2.93. The average Bonchev–Trinajstić information content (AvgIpc) is 2.95. The first-order chi connectivity index (χ1) is 13.2. The molecule has 1 fully saturated rings. The number of fused-ring (bicyclic) bond motifs is 1. The number of nitrogens with zero attached hydrogens (tertiary/aromatic N) is 3. The van der Waals surface area contributed by atoms with E-state index in [9.17, 15) is 4.79 Å². The monoisotopic (exact) mass is 362 g/mol. The summed E-state index contributed by atoms with van der Waals surface area (Å²) < 4.78 is 5.99. The Bertz CT molecular complexity index is 945. The summed E-state index contributed by atoms with van der Waals surface area (Å²) in [5, 5.41) is 1.04. The Balaban J connectivity index is 1.64. The third-order valence-electron chi connectivity index (χ3n) is 4.82. The minimum absolute atomic E-state index is 0.352. The second kappa shape index (κ2) is 7.53. The van der Waals surface area contributed by atoms with Crippen molar-refractivity contribution in [3.63, 3.8) is 0 Å². The molecule has 0 bridgehead atoms. The smallest absolute Gasteiger partial charge is 0.314 e. The number of para-hydroxylation sites is 1. The van der Waals surface area contributed by atoms with Crippen LogP contribution in [-0.2, 0) is 0 Å². The maximum atomic E-state index is 11.5. The average molecular weight is 362 g/mol. The van der Waals surface area contributed by atoms with Crippen LogP contribution in [0.25, 0.3) is 10.9 Å². The predicted molar refractivity (Wildman–Crippen MR) is 106 cm³/mol. The fourth-order valence-electron chi connectivity index (χ4n) is 3.45. The van der Waals surface area contributed by atoms with E-state index in [4.69, 9.17) is 10.5 Å². The molecule has 2 heterocycles. The Labute approximate surface area is 158 Å². The lowest BCUT2D eigenvalue weighted by Crippen LogP contribution is -2.38. The topological polar surface area (TPSA) is 71.7 Å². The zero-order chi connectivity index (χ0) is 18.6. The maximum Gasteiger partial charge on any atom is 0.314 e. The molecule has 0 radical (unpaired) electrons. The molecule has 0 unspecified atom stereocenters. The highest BCUT2D eigenvalue weighted by Gasteiger charge is 2.19. The van der Waals surface area contributed by atoms with E-state index in [0.717, 1.165) is 47.6 Å². The van der Waals surface area contributed by atoms with Crippen LogP contribution in [-0.4, -0.2) is 42.1 Å². The number of anilines is 1. The van der Waals surface area contributed by atoms with Crippen LogP contribution >= 0.6 is 0 Å². The van der Waals surface area contributed by atoms with Gasteiger partial charge in [-0.15, -0.1) is 0 Å². The second-order valence-electron chi connectivity index (χ2n) is 6.59. The van der Waals surface area contributed by atoms with E-state index in [1.54, 1.807) is 4.90 Å². The molecule has 1 aliphatic rings. The van der Waals surface area contributed by atoms with Gasteiger partial charge in [0.05, 0.1) is 5.52 Å². The molecule has 0 spiro atoms. The van der Waals surface area contributed by atoms with Crippen molar-refractivity contribution in [2.24, 2.45) is 5.73 Å². The van der Waals surface area contributed by atoms with Gasteiger partial charge in [0.15, 0.2) is 0 Å². The molecule has 2 amide bonds. The number of carbonyl (C=O) groups excluding carboxylic acids is 1. The van der Waals surface area contributed by atoms with Crippen molar-refractivity contribution in [1.29, 1.82) is 0 Å². The molecule has 4 rings (SSSR count). The molecule has 2 aromatic carbocycles. The first kappa shape index (κ1) is 17.1. The van der Waals surface area contributed by atoms with Gasteiger partial charge in [0.25, 0.3) is 0 Å². The predicted octanol–water partition coefficient (Wildman–Crippen LogP) is 3.62. The van der Waals surface area contributed by atoms with Crippen molar-refractivity contribution < 1.29 is 9.53 Å². The molecular formula is C21H22N4O2. The summed E-state index contributed by atoms with van der Waals surface area (Å²) in [6, 6.07) is 17.3. The SMILES string of the molecule is NC(=O)N1CCCN(c2ccnc3ccc(Oc4ccccc4)cc23)CC1. The third-order valence-corrected chi connectivity index (χ3v) is 4.82. The van der Waals surface area contributed by atoms with E-state index in [1.807, 2.05) is 60.8 Å². The Kier molecular flexibility index (Phi) is 4.78. The van der Waals surface area contributed by atoms with Crippen LogP contribution in [0, 0.1) is 0 Å². The number of pyridine rings is 1. The maximum absolute atomic E-state index is 11.5. The van der Waals surface area contributed by atoms with E-state index >= 15 is 0 Å². The summed E-state index contributed by atoms with van der Waals surface area (Å²) in [4.78, 5) is 20.0. The summed E-state index contributed by atoms with van der Waals surface area (Å²) in [5.41, 5.74) is 7.47. The number of benzene rings is 2. The van der Waals surface area contributed by atoms with E-state index in [1.165, 1.54) is 0 Å². The Morgan fingerprint density at radius 1 is 0.963 bits per heavy atom. The van der Waals surface area contributed by atoms with Crippen molar-refractivity contribution in [2.75, 3.05) is 31.1 Å². The molecule has 6 heteroatoms. The molecule has 0 saturated carbocycles. The number of rotatable bonds is 3. The fourth-order valence-corrected chi connectivity index (χ4v) is 3.45. The van der Waals surface area contributed by atoms with E-state index in [0.29, 0.717) is 13.1 Å². The van der Waals surface area contributed by atoms with Gasteiger partial charge in [0.1, 0.15) is 11.5 Å². The lowest BCUT2D eigenvalue weighted by atomic mass is 10.1. The van der Waals surface area contributed by atoms with Crippen LogP contribution in [0.4, 0.5) is 10.5 Å². The van der Waals surface area contributed by atoms with E-state index in [-0.39, 0.29) is 6.03 Å². The number of nitrogens with two attached hydrogens (primary N) is 1. The number of hydrogen-bond donors (Lipinski definition) is 1. The van der Waals surface area contributed by atoms with Crippen LogP contribution in [0.5, 0.6) is 11.5 Å². The molecule has 1 saturated heterocycles. The zero-order valence-corrected chi connectivity index (χ0v) is 15.0. The van der Waals surface area contributed by atoms with Crippen LogP contribution in [0.2, 0.25) is 0 Å². The number of primary amides is 1. The normalized spacial score (nSPS) is 14.8. The summed E-state index contributed by atoms with van der Waals surface area (Å²) in [6.07, 6.45) is 2.71. The molecule has 27 heavy (non-hydrogen) atoms. The molecule has 138 valence electrons. The van der Waals surface area contributed by atoms with E-state index in [2.05, 4.69) is 9.88 Å². The molecule has 3 aromatic rings. The van der Waals surface area contributed by atoms with Gasteiger partial charge in [-0.1, -0.05) is 18.2 Å². The van der Waals surface area contributed by atoms with Crippen molar-refractivity contribution in [1.82, 2.24) is 9.88 Å². The largest absolute Gasteiger partial charge is 0.457 e. The number of ether oxygens (including phenoxy) is 1. The fraction of sp³-hybridized carbons (Fsp3) is 0.238. The number of amides is 2. The minimum atomic E-state index is -0.352. The van der Waals surface area contributed by atoms with Gasteiger partial charge in [-0.25, -0.2) is 4.79 Å². The summed E-state index contributed by atoms with van der Waals surface area (Å²) in [5.74, 6) is 1.57. The van der Waals surface area contributed by atoms with Crippen molar-refractivity contribution >= 4 is 22.6 Å². The van der Waals surface area contributed by atoms with Gasteiger partial charge in [0.2, 0.25) is 0 Å². The van der Waals surface area contributed by atoms with Crippen LogP contribution in [0.15, 0.2) is 60.8 Å². The highest BCUT2D eigenvalue weighted by Crippen LogP contribution is 2.31.